The second-order valence-corrected chi connectivity index (χ2v) is 5.49. The second-order valence-electron chi connectivity index (χ2n) is 5.49. The third-order valence-corrected chi connectivity index (χ3v) is 3.41. The molecule has 0 radical (unpaired) electrons. The van der Waals surface area contributed by atoms with Crippen molar-refractivity contribution >= 4 is 0 Å². The van der Waals surface area contributed by atoms with Gasteiger partial charge in [-0.05, 0) is 39.0 Å². The highest BCUT2D eigenvalue weighted by Gasteiger charge is 2.29. The molecule has 1 aromatic rings. The monoisotopic (exact) mass is 283 g/mol. The van der Waals surface area contributed by atoms with Gasteiger partial charge in [0.1, 0.15) is 11.6 Å². The number of methoxy groups -OCH3 is 1. The Morgan fingerprint density at radius 2 is 2.00 bits per heavy atom. The lowest BCUT2D eigenvalue weighted by atomic mass is 10.1. The van der Waals surface area contributed by atoms with E-state index in [2.05, 4.69) is 5.32 Å². The average molecular weight is 283 g/mol. The van der Waals surface area contributed by atoms with Crippen LogP contribution in [0, 0.1) is 5.82 Å². The van der Waals surface area contributed by atoms with Crippen LogP contribution in [-0.4, -0.2) is 32.2 Å². The van der Waals surface area contributed by atoms with Gasteiger partial charge in [-0.1, -0.05) is 0 Å². The summed E-state index contributed by atoms with van der Waals surface area (Å²) in [5.74, 6) is -0.131. The lowest BCUT2D eigenvalue weighted by Gasteiger charge is -2.36. The highest BCUT2D eigenvalue weighted by Crippen LogP contribution is 2.27. The number of rotatable bonds is 4. The van der Waals surface area contributed by atoms with Gasteiger partial charge in [0.05, 0.1) is 26.4 Å². The third-order valence-electron chi connectivity index (χ3n) is 3.41. The van der Waals surface area contributed by atoms with Crippen molar-refractivity contribution in [2.24, 2.45) is 0 Å². The minimum atomic E-state index is -0.530. The summed E-state index contributed by atoms with van der Waals surface area (Å²) in [5.41, 5.74) is 0.789. The quantitative estimate of drug-likeness (QED) is 0.922. The zero-order chi connectivity index (χ0) is 14.8. The molecule has 0 saturated carbocycles. The van der Waals surface area contributed by atoms with Gasteiger partial charge in [0.15, 0.2) is 5.79 Å². The van der Waals surface area contributed by atoms with E-state index >= 15 is 0 Å². The molecular formula is C15H22FNO3. The van der Waals surface area contributed by atoms with Crippen molar-refractivity contribution in [3.63, 3.8) is 0 Å². The van der Waals surface area contributed by atoms with Crippen LogP contribution in [0.1, 0.15) is 32.4 Å². The number of nitrogens with one attached hydrogen (secondary N) is 1. The summed E-state index contributed by atoms with van der Waals surface area (Å²) in [7, 11) is 1.58. The molecule has 2 rings (SSSR count). The second kappa shape index (κ2) is 6.08. The van der Waals surface area contributed by atoms with E-state index in [1.54, 1.807) is 13.2 Å². The molecule has 1 aliphatic heterocycles. The minimum Gasteiger partial charge on any atom is -0.496 e. The Morgan fingerprint density at radius 1 is 1.35 bits per heavy atom. The van der Waals surface area contributed by atoms with Gasteiger partial charge in [0.2, 0.25) is 0 Å². The van der Waals surface area contributed by atoms with E-state index in [-0.39, 0.29) is 17.9 Å². The molecule has 0 spiro atoms. The molecule has 0 bridgehead atoms. The molecule has 1 saturated heterocycles. The Hall–Kier alpha value is -1.17. The predicted molar refractivity (Wildman–Crippen MR) is 74.3 cm³/mol. The van der Waals surface area contributed by atoms with Gasteiger partial charge in [0, 0.05) is 11.6 Å². The molecule has 1 aliphatic rings. The maximum absolute atomic E-state index is 13.4. The standard InChI is InChI=1S/C15H22FNO3/c1-10(13-7-11(16)5-6-14(13)18-4)17-12-8-19-15(2,3)20-9-12/h5-7,10,12,17H,8-9H2,1-4H3. The zero-order valence-electron chi connectivity index (χ0n) is 12.4. The van der Waals surface area contributed by atoms with Crippen molar-refractivity contribution in [2.45, 2.75) is 38.6 Å². The van der Waals surface area contributed by atoms with Crippen LogP contribution in [0.4, 0.5) is 4.39 Å². The van der Waals surface area contributed by atoms with Crippen LogP contribution in [0.5, 0.6) is 5.75 Å². The molecule has 20 heavy (non-hydrogen) atoms. The first-order chi connectivity index (χ1) is 9.41. The van der Waals surface area contributed by atoms with Gasteiger partial charge in [-0.3, -0.25) is 0 Å². The molecule has 1 unspecified atom stereocenters. The van der Waals surface area contributed by atoms with E-state index in [4.69, 9.17) is 14.2 Å². The van der Waals surface area contributed by atoms with Crippen LogP contribution in [0.2, 0.25) is 0 Å². The smallest absolute Gasteiger partial charge is 0.162 e. The van der Waals surface area contributed by atoms with Crippen molar-refractivity contribution in [3.8, 4) is 5.75 Å². The maximum atomic E-state index is 13.4. The van der Waals surface area contributed by atoms with E-state index in [9.17, 15) is 4.39 Å². The van der Waals surface area contributed by atoms with Crippen LogP contribution in [-0.2, 0) is 9.47 Å². The van der Waals surface area contributed by atoms with Gasteiger partial charge >= 0.3 is 0 Å². The fraction of sp³-hybridized carbons (Fsp3) is 0.600. The van der Waals surface area contributed by atoms with Gasteiger partial charge in [0.25, 0.3) is 0 Å². The van der Waals surface area contributed by atoms with Crippen molar-refractivity contribution in [2.75, 3.05) is 20.3 Å². The molecule has 1 N–H and O–H groups in total. The number of hydrogen-bond donors (Lipinski definition) is 1. The molecule has 1 heterocycles. The van der Waals surface area contributed by atoms with E-state index in [0.29, 0.717) is 19.0 Å². The summed E-state index contributed by atoms with van der Waals surface area (Å²) >= 11 is 0. The fourth-order valence-electron chi connectivity index (χ4n) is 2.28. The fourth-order valence-corrected chi connectivity index (χ4v) is 2.28. The highest BCUT2D eigenvalue weighted by molar-refractivity contribution is 5.36. The first kappa shape index (κ1) is 15.2. The molecule has 5 heteroatoms. The first-order valence-corrected chi connectivity index (χ1v) is 6.78. The Balaban J connectivity index is 2.02. The Labute approximate surface area is 119 Å². The van der Waals surface area contributed by atoms with Gasteiger partial charge in [-0.2, -0.15) is 0 Å². The Kier molecular flexibility index (Phi) is 4.62. The third kappa shape index (κ3) is 3.69. The molecule has 0 aromatic heterocycles. The summed E-state index contributed by atoms with van der Waals surface area (Å²) in [6, 6.07) is 4.54. The van der Waals surface area contributed by atoms with Crippen molar-refractivity contribution in [1.82, 2.24) is 5.32 Å². The topological polar surface area (TPSA) is 39.7 Å². The zero-order valence-corrected chi connectivity index (χ0v) is 12.4. The lowest BCUT2D eigenvalue weighted by Crippen LogP contribution is -2.49. The summed E-state index contributed by atoms with van der Waals surface area (Å²) < 4.78 is 29.9. The van der Waals surface area contributed by atoms with Crippen molar-refractivity contribution < 1.29 is 18.6 Å². The molecule has 1 aromatic carbocycles. The number of halogens is 1. The summed E-state index contributed by atoms with van der Waals surface area (Å²) in [6.45, 7) is 6.88. The number of benzene rings is 1. The van der Waals surface area contributed by atoms with Crippen LogP contribution in [0.3, 0.4) is 0 Å². The van der Waals surface area contributed by atoms with Gasteiger partial charge < -0.3 is 19.5 Å². The van der Waals surface area contributed by atoms with E-state index in [1.807, 2.05) is 20.8 Å². The van der Waals surface area contributed by atoms with Crippen LogP contribution < -0.4 is 10.1 Å². The largest absolute Gasteiger partial charge is 0.496 e. The van der Waals surface area contributed by atoms with Gasteiger partial charge in [-0.15, -0.1) is 0 Å². The lowest BCUT2D eigenvalue weighted by molar-refractivity contribution is -0.253. The molecule has 1 fully saturated rings. The Bertz CT molecular complexity index is 454. The van der Waals surface area contributed by atoms with Crippen LogP contribution in [0.15, 0.2) is 18.2 Å². The molecule has 0 aliphatic carbocycles. The first-order valence-electron chi connectivity index (χ1n) is 6.78. The number of hydrogen-bond acceptors (Lipinski definition) is 4. The molecular weight excluding hydrogens is 261 g/mol. The molecule has 4 nitrogen and oxygen atoms in total. The molecule has 1 atom stereocenters. The average Bonchev–Trinajstić information content (AvgIpc) is 2.41. The highest BCUT2D eigenvalue weighted by atomic mass is 19.1. The maximum Gasteiger partial charge on any atom is 0.162 e. The summed E-state index contributed by atoms with van der Waals surface area (Å²) in [6.07, 6.45) is 0. The van der Waals surface area contributed by atoms with E-state index < -0.39 is 5.79 Å². The van der Waals surface area contributed by atoms with Crippen molar-refractivity contribution in [1.29, 1.82) is 0 Å². The normalized spacial score (nSPS) is 20.6. The Morgan fingerprint density at radius 3 is 2.60 bits per heavy atom. The van der Waals surface area contributed by atoms with Crippen molar-refractivity contribution in [3.05, 3.63) is 29.6 Å². The SMILES string of the molecule is COc1ccc(F)cc1C(C)NC1COC(C)(C)OC1. The molecule has 112 valence electrons. The predicted octanol–water partition coefficient (Wildman–Crippen LogP) is 2.64. The minimum absolute atomic E-state index is 0.0564. The van der Waals surface area contributed by atoms with E-state index in [1.165, 1.54) is 12.1 Å². The van der Waals surface area contributed by atoms with E-state index in [0.717, 1.165) is 5.56 Å². The molecule has 0 amide bonds. The van der Waals surface area contributed by atoms with Gasteiger partial charge in [-0.25, -0.2) is 4.39 Å². The van der Waals surface area contributed by atoms with Crippen LogP contribution >= 0.6 is 0 Å². The number of ether oxygens (including phenoxy) is 3. The summed E-state index contributed by atoms with van der Waals surface area (Å²) in [5, 5.41) is 3.38. The summed E-state index contributed by atoms with van der Waals surface area (Å²) in [4.78, 5) is 0. The van der Waals surface area contributed by atoms with Crippen LogP contribution in [0.25, 0.3) is 0 Å².